The number of rotatable bonds is 1. The predicted octanol–water partition coefficient (Wildman–Crippen LogP) is 3.31. The lowest BCUT2D eigenvalue weighted by atomic mass is 10.2. The second kappa shape index (κ2) is 3.67. The first-order valence-electron chi connectivity index (χ1n) is 2.84. The van der Waals surface area contributed by atoms with E-state index in [1.54, 1.807) is 0 Å². The molecule has 1 aromatic carbocycles. The number of hydrogen-bond donors (Lipinski definition) is 0. The van der Waals surface area contributed by atoms with E-state index in [0.717, 1.165) is 0 Å². The fraction of sp³-hybridized carbons (Fsp3) is 0.143. The van der Waals surface area contributed by atoms with Crippen molar-refractivity contribution in [2.75, 3.05) is 0 Å². The van der Waals surface area contributed by atoms with Crippen LogP contribution in [0.25, 0.3) is 0 Å². The van der Waals surface area contributed by atoms with Gasteiger partial charge in [0.25, 0.3) is 0 Å². The standard InChI is InChI=1S/C7H4ClF2I/c8-3-5-6(9)1-4(11)2-7(5)10/h1-2H,3H2. The molecule has 0 aromatic heterocycles. The van der Waals surface area contributed by atoms with Crippen molar-refractivity contribution in [3.63, 3.8) is 0 Å². The number of hydrogen-bond acceptors (Lipinski definition) is 0. The summed E-state index contributed by atoms with van der Waals surface area (Å²) in [7, 11) is 0. The third kappa shape index (κ3) is 2.02. The molecule has 0 aliphatic carbocycles. The molecule has 0 radical (unpaired) electrons. The molecule has 4 heteroatoms. The first-order valence-corrected chi connectivity index (χ1v) is 4.46. The van der Waals surface area contributed by atoms with Crippen LogP contribution in [0.2, 0.25) is 0 Å². The maximum atomic E-state index is 12.8. The van der Waals surface area contributed by atoms with Gasteiger partial charge in [0.2, 0.25) is 0 Å². The maximum Gasteiger partial charge on any atom is 0.131 e. The van der Waals surface area contributed by atoms with Crippen LogP contribution in [0.15, 0.2) is 12.1 Å². The van der Waals surface area contributed by atoms with Gasteiger partial charge in [-0.3, -0.25) is 0 Å². The lowest BCUT2D eigenvalue weighted by Crippen LogP contribution is -1.92. The molecule has 0 spiro atoms. The first kappa shape index (κ1) is 9.19. The molecular weight excluding hydrogens is 284 g/mol. The fourth-order valence-corrected chi connectivity index (χ4v) is 1.50. The number of halogens is 4. The van der Waals surface area contributed by atoms with Gasteiger partial charge < -0.3 is 0 Å². The molecule has 0 saturated carbocycles. The van der Waals surface area contributed by atoms with Crippen LogP contribution in [0.5, 0.6) is 0 Å². The predicted molar refractivity (Wildman–Crippen MR) is 48.6 cm³/mol. The smallest absolute Gasteiger partial charge is 0.131 e. The molecule has 0 saturated heterocycles. The largest absolute Gasteiger partial charge is 0.207 e. The van der Waals surface area contributed by atoms with E-state index in [-0.39, 0.29) is 11.4 Å². The van der Waals surface area contributed by atoms with Crippen molar-refractivity contribution in [1.29, 1.82) is 0 Å². The second-order valence-electron chi connectivity index (χ2n) is 1.98. The normalized spacial score (nSPS) is 10.2. The van der Waals surface area contributed by atoms with E-state index in [9.17, 15) is 8.78 Å². The Hall–Kier alpha value is 0.1000. The zero-order valence-electron chi connectivity index (χ0n) is 5.37. The Morgan fingerprint density at radius 2 is 1.73 bits per heavy atom. The van der Waals surface area contributed by atoms with Crippen LogP contribution in [0.1, 0.15) is 5.56 Å². The molecule has 60 valence electrons. The zero-order chi connectivity index (χ0) is 8.43. The average Bonchev–Trinajstić information content (AvgIpc) is 1.85. The SMILES string of the molecule is Fc1cc(I)cc(F)c1CCl. The topological polar surface area (TPSA) is 0 Å². The average molecular weight is 288 g/mol. The van der Waals surface area contributed by atoms with E-state index in [4.69, 9.17) is 11.6 Å². The van der Waals surface area contributed by atoms with Crippen molar-refractivity contribution >= 4 is 34.2 Å². The highest BCUT2D eigenvalue weighted by atomic mass is 127. The molecule has 1 rings (SSSR count). The van der Waals surface area contributed by atoms with Crippen LogP contribution in [-0.4, -0.2) is 0 Å². The molecule has 0 atom stereocenters. The van der Waals surface area contributed by atoms with Crippen LogP contribution in [-0.2, 0) is 5.88 Å². The van der Waals surface area contributed by atoms with E-state index in [0.29, 0.717) is 3.57 Å². The molecule has 0 unspecified atom stereocenters. The summed E-state index contributed by atoms with van der Waals surface area (Å²) in [6.07, 6.45) is 0. The Bertz CT molecular complexity index is 252. The van der Waals surface area contributed by atoms with Gasteiger partial charge in [0.05, 0.1) is 5.88 Å². The molecule has 0 aliphatic rings. The molecule has 1 aromatic rings. The summed E-state index contributed by atoms with van der Waals surface area (Å²) in [6.45, 7) is 0. The monoisotopic (exact) mass is 288 g/mol. The minimum Gasteiger partial charge on any atom is -0.207 e. The Balaban J connectivity index is 3.25. The molecule has 11 heavy (non-hydrogen) atoms. The minimum absolute atomic E-state index is 0.0629. The summed E-state index contributed by atoms with van der Waals surface area (Å²) in [4.78, 5) is 0. The van der Waals surface area contributed by atoms with Crippen LogP contribution in [0.3, 0.4) is 0 Å². The molecule has 0 nitrogen and oxygen atoms in total. The Morgan fingerprint density at radius 3 is 2.09 bits per heavy atom. The van der Waals surface area contributed by atoms with Gasteiger partial charge >= 0.3 is 0 Å². The number of alkyl halides is 1. The van der Waals surface area contributed by atoms with Gasteiger partial charge in [-0.05, 0) is 34.7 Å². The highest BCUT2D eigenvalue weighted by Crippen LogP contribution is 2.18. The van der Waals surface area contributed by atoms with E-state index < -0.39 is 11.6 Å². The van der Waals surface area contributed by atoms with Crippen molar-refractivity contribution in [2.45, 2.75) is 5.88 Å². The Morgan fingerprint density at radius 1 is 1.27 bits per heavy atom. The molecular formula is C7H4ClF2I. The third-order valence-electron chi connectivity index (χ3n) is 1.24. The van der Waals surface area contributed by atoms with E-state index in [1.807, 2.05) is 22.6 Å². The second-order valence-corrected chi connectivity index (χ2v) is 3.49. The van der Waals surface area contributed by atoms with Crippen LogP contribution in [0.4, 0.5) is 8.78 Å². The van der Waals surface area contributed by atoms with Crippen molar-refractivity contribution in [3.05, 3.63) is 32.9 Å². The van der Waals surface area contributed by atoms with Gasteiger partial charge in [-0.25, -0.2) is 8.78 Å². The molecule has 0 heterocycles. The summed E-state index contributed by atoms with van der Waals surface area (Å²) < 4.78 is 26.1. The summed E-state index contributed by atoms with van der Waals surface area (Å²) in [6, 6.07) is 2.50. The first-order chi connectivity index (χ1) is 5.15. The van der Waals surface area contributed by atoms with Gasteiger partial charge in [-0.15, -0.1) is 11.6 Å². The van der Waals surface area contributed by atoms with Crippen LogP contribution in [0, 0.1) is 15.2 Å². The van der Waals surface area contributed by atoms with Crippen LogP contribution < -0.4 is 0 Å². The van der Waals surface area contributed by atoms with Gasteiger partial charge in [-0.2, -0.15) is 0 Å². The lowest BCUT2D eigenvalue weighted by molar-refractivity contribution is 0.564. The number of benzene rings is 1. The summed E-state index contributed by atoms with van der Waals surface area (Å²) in [5.41, 5.74) is -0.0629. The highest BCUT2D eigenvalue weighted by Gasteiger charge is 2.08. The Labute approximate surface area is 81.7 Å². The van der Waals surface area contributed by atoms with Crippen molar-refractivity contribution < 1.29 is 8.78 Å². The van der Waals surface area contributed by atoms with Gasteiger partial charge in [0, 0.05) is 9.13 Å². The van der Waals surface area contributed by atoms with E-state index in [1.165, 1.54) is 12.1 Å². The fourth-order valence-electron chi connectivity index (χ4n) is 0.700. The Kier molecular flexibility index (Phi) is 3.06. The lowest BCUT2D eigenvalue weighted by Gasteiger charge is -2.00. The van der Waals surface area contributed by atoms with E-state index in [2.05, 4.69) is 0 Å². The summed E-state index contributed by atoms with van der Waals surface area (Å²) >= 11 is 7.15. The van der Waals surface area contributed by atoms with Crippen LogP contribution >= 0.6 is 34.2 Å². The van der Waals surface area contributed by atoms with Crippen molar-refractivity contribution in [3.8, 4) is 0 Å². The third-order valence-corrected chi connectivity index (χ3v) is 2.13. The molecule has 0 aliphatic heterocycles. The molecule has 0 N–H and O–H groups in total. The molecule has 0 fully saturated rings. The van der Waals surface area contributed by atoms with Gasteiger partial charge in [0.15, 0.2) is 0 Å². The molecule has 0 bridgehead atoms. The zero-order valence-corrected chi connectivity index (χ0v) is 8.29. The molecule has 0 amide bonds. The van der Waals surface area contributed by atoms with Crippen molar-refractivity contribution in [1.82, 2.24) is 0 Å². The van der Waals surface area contributed by atoms with Crippen molar-refractivity contribution in [2.24, 2.45) is 0 Å². The minimum atomic E-state index is -0.579. The summed E-state index contributed by atoms with van der Waals surface area (Å²) in [5, 5.41) is 0. The van der Waals surface area contributed by atoms with Gasteiger partial charge in [0.1, 0.15) is 11.6 Å². The maximum absolute atomic E-state index is 12.8. The quantitative estimate of drug-likeness (QED) is 0.549. The van der Waals surface area contributed by atoms with Gasteiger partial charge in [-0.1, -0.05) is 0 Å². The summed E-state index contributed by atoms with van der Waals surface area (Å²) in [5.74, 6) is -1.29. The van der Waals surface area contributed by atoms with E-state index >= 15 is 0 Å². The highest BCUT2D eigenvalue weighted by molar-refractivity contribution is 14.1.